The van der Waals surface area contributed by atoms with E-state index in [9.17, 15) is 19.7 Å². The second-order valence-electron chi connectivity index (χ2n) is 7.56. The molecule has 4 rings (SSSR count). The van der Waals surface area contributed by atoms with Crippen molar-refractivity contribution in [2.75, 3.05) is 16.4 Å². The molecule has 0 unspecified atom stereocenters. The number of thiazole rings is 1. The van der Waals surface area contributed by atoms with Crippen molar-refractivity contribution in [2.24, 2.45) is 0 Å². The lowest BCUT2D eigenvalue weighted by Gasteiger charge is -2.07. The maximum Gasteiger partial charge on any atom is 0.270 e. The van der Waals surface area contributed by atoms with E-state index < -0.39 is 4.92 Å². The number of nitro benzene ring substituents is 1. The topological polar surface area (TPSA) is 114 Å². The number of nitrogens with one attached hydrogen (secondary N) is 2. The molecule has 8 nitrogen and oxygen atoms in total. The average molecular weight is 539 g/mol. The van der Waals surface area contributed by atoms with E-state index in [1.807, 2.05) is 24.3 Å². The number of halogens is 1. The number of nitrogens with zero attached hydrogens (tertiary/aromatic N) is 2. The van der Waals surface area contributed by atoms with Gasteiger partial charge < -0.3 is 10.6 Å². The Morgan fingerprint density at radius 3 is 2.47 bits per heavy atom. The average Bonchev–Trinajstić information content (AvgIpc) is 3.33. The van der Waals surface area contributed by atoms with E-state index in [4.69, 9.17) is 11.6 Å². The van der Waals surface area contributed by atoms with E-state index in [0.29, 0.717) is 27.1 Å². The van der Waals surface area contributed by atoms with Gasteiger partial charge in [0.05, 0.1) is 22.8 Å². The van der Waals surface area contributed by atoms with Gasteiger partial charge in [0.15, 0.2) is 5.13 Å². The molecule has 11 heteroatoms. The molecule has 0 fully saturated rings. The normalized spacial score (nSPS) is 10.6. The molecule has 0 saturated heterocycles. The van der Waals surface area contributed by atoms with Crippen molar-refractivity contribution in [3.05, 3.63) is 98.9 Å². The van der Waals surface area contributed by atoms with Gasteiger partial charge in [-0.25, -0.2) is 4.98 Å². The molecule has 1 heterocycles. The van der Waals surface area contributed by atoms with Gasteiger partial charge in [0.2, 0.25) is 11.8 Å². The minimum absolute atomic E-state index is 0.0189. The zero-order valence-electron chi connectivity index (χ0n) is 18.6. The Balaban J connectivity index is 1.25. The first kappa shape index (κ1) is 25.4. The third-order valence-electron chi connectivity index (χ3n) is 4.89. The third-order valence-corrected chi connectivity index (χ3v) is 6.91. The molecule has 0 atom stereocenters. The molecule has 182 valence electrons. The van der Waals surface area contributed by atoms with Crippen LogP contribution in [0.3, 0.4) is 0 Å². The molecule has 0 bridgehead atoms. The lowest BCUT2D eigenvalue weighted by Crippen LogP contribution is -2.14. The molecule has 0 saturated carbocycles. The maximum atomic E-state index is 12.4. The zero-order chi connectivity index (χ0) is 25.5. The number of nitro groups is 1. The number of anilines is 2. The SMILES string of the molecule is O=C(Cc1ccc(Cl)cc1)Nc1ccc(SCC(=O)Nc2nc(-c3cccc([N+](=O)[O-])c3)cs2)cc1. The van der Waals surface area contributed by atoms with E-state index in [1.54, 1.807) is 41.8 Å². The van der Waals surface area contributed by atoms with E-state index in [2.05, 4.69) is 15.6 Å². The van der Waals surface area contributed by atoms with Crippen LogP contribution in [-0.4, -0.2) is 27.5 Å². The molecule has 1 aromatic heterocycles. The summed E-state index contributed by atoms with van der Waals surface area (Å²) < 4.78 is 0. The first-order valence-electron chi connectivity index (χ1n) is 10.6. The molecule has 0 aliphatic heterocycles. The summed E-state index contributed by atoms with van der Waals surface area (Å²) in [6.07, 6.45) is 0.244. The summed E-state index contributed by atoms with van der Waals surface area (Å²) in [4.78, 5) is 40.3. The molecule has 0 spiro atoms. The van der Waals surface area contributed by atoms with Gasteiger partial charge in [-0.15, -0.1) is 23.1 Å². The van der Waals surface area contributed by atoms with Crippen LogP contribution in [0.15, 0.2) is 83.1 Å². The second kappa shape index (κ2) is 11.8. The quantitative estimate of drug-likeness (QED) is 0.147. The number of aromatic nitrogens is 1. The third kappa shape index (κ3) is 7.14. The lowest BCUT2D eigenvalue weighted by molar-refractivity contribution is -0.384. The van der Waals surface area contributed by atoms with Crippen LogP contribution in [0, 0.1) is 10.1 Å². The lowest BCUT2D eigenvalue weighted by atomic mass is 10.1. The first-order chi connectivity index (χ1) is 17.4. The minimum atomic E-state index is -0.461. The fraction of sp³-hybridized carbons (Fsp3) is 0.0800. The summed E-state index contributed by atoms with van der Waals surface area (Å²) in [5, 5.41) is 19.4. The Morgan fingerprint density at radius 2 is 1.75 bits per heavy atom. The smallest absolute Gasteiger partial charge is 0.270 e. The fourth-order valence-corrected chi connectivity index (χ4v) is 4.73. The van der Waals surface area contributed by atoms with Crippen LogP contribution in [-0.2, 0) is 16.0 Å². The molecule has 2 amide bonds. The predicted molar refractivity (Wildman–Crippen MR) is 144 cm³/mol. The number of thioether (sulfide) groups is 1. The number of rotatable bonds is 9. The van der Waals surface area contributed by atoms with Crippen molar-refractivity contribution in [2.45, 2.75) is 11.3 Å². The number of non-ortho nitro benzene ring substituents is 1. The number of hydrogen-bond acceptors (Lipinski definition) is 7. The Morgan fingerprint density at radius 1 is 1.00 bits per heavy atom. The monoisotopic (exact) mass is 538 g/mol. The van der Waals surface area contributed by atoms with Crippen molar-refractivity contribution in [1.82, 2.24) is 4.98 Å². The summed E-state index contributed by atoms with van der Waals surface area (Å²) in [5.74, 6) is -0.182. The van der Waals surface area contributed by atoms with Crippen LogP contribution in [0.4, 0.5) is 16.5 Å². The molecule has 2 N–H and O–H groups in total. The predicted octanol–water partition coefficient (Wildman–Crippen LogP) is 6.28. The van der Waals surface area contributed by atoms with Crippen molar-refractivity contribution < 1.29 is 14.5 Å². The van der Waals surface area contributed by atoms with E-state index in [-0.39, 0.29) is 29.7 Å². The minimum Gasteiger partial charge on any atom is -0.326 e. The van der Waals surface area contributed by atoms with Crippen LogP contribution < -0.4 is 10.6 Å². The van der Waals surface area contributed by atoms with Gasteiger partial charge >= 0.3 is 0 Å². The van der Waals surface area contributed by atoms with Gasteiger partial charge in [-0.3, -0.25) is 19.7 Å². The molecule has 0 radical (unpaired) electrons. The number of benzene rings is 3. The zero-order valence-corrected chi connectivity index (χ0v) is 21.0. The van der Waals surface area contributed by atoms with Crippen LogP contribution >= 0.6 is 34.7 Å². The number of carbonyl (C=O) groups excluding carboxylic acids is 2. The van der Waals surface area contributed by atoms with Crippen molar-refractivity contribution in [3.8, 4) is 11.3 Å². The van der Waals surface area contributed by atoms with E-state index >= 15 is 0 Å². The molecule has 0 aliphatic rings. The van der Waals surface area contributed by atoms with Crippen molar-refractivity contribution in [3.63, 3.8) is 0 Å². The second-order valence-corrected chi connectivity index (χ2v) is 9.90. The molecular weight excluding hydrogens is 520 g/mol. The first-order valence-corrected chi connectivity index (χ1v) is 12.9. The van der Waals surface area contributed by atoms with Crippen LogP contribution in [0.1, 0.15) is 5.56 Å². The molecule has 36 heavy (non-hydrogen) atoms. The Labute approximate surface area is 219 Å². The highest BCUT2D eigenvalue weighted by atomic mass is 35.5. The van der Waals surface area contributed by atoms with Gasteiger partial charge in [0, 0.05) is 38.7 Å². The van der Waals surface area contributed by atoms with Gasteiger partial charge in [-0.1, -0.05) is 35.9 Å². The summed E-state index contributed by atoms with van der Waals surface area (Å²) in [6, 6.07) is 20.5. The summed E-state index contributed by atoms with van der Waals surface area (Å²) >= 11 is 8.47. The number of hydrogen-bond donors (Lipinski definition) is 2. The number of carbonyl (C=O) groups is 2. The maximum absolute atomic E-state index is 12.4. The largest absolute Gasteiger partial charge is 0.326 e. The highest BCUT2D eigenvalue weighted by molar-refractivity contribution is 8.00. The molecule has 3 aromatic carbocycles. The Kier molecular flexibility index (Phi) is 8.32. The van der Waals surface area contributed by atoms with Crippen LogP contribution in [0.25, 0.3) is 11.3 Å². The van der Waals surface area contributed by atoms with Crippen LogP contribution in [0.5, 0.6) is 0 Å². The van der Waals surface area contributed by atoms with E-state index in [1.165, 1.54) is 35.2 Å². The highest BCUT2D eigenvalue weighted by Crippen LogP contribution is 2.28. The van der Waals surface area contributed by atoms with Crippen LogP contribution in [0.2, 0.25) is 5.02 Å². The summed E-state index contributed by atoms with van der Waals surface area (Å²) in [7, 11) is 0. The standard InChI is InChI=1S/C25H19ClN4O4S2/c26-18-6-4-16(5-7-18)12-23(31)27-19-8-10-21(11-9-19)35-15-24(32)29-25-28-22(14-36-25)17-2-1-3-20(13-17)30(33)34/h1-11,13-14H,12,15H2,(H,27,31)(H,28,29,32). The van der Waals surface area contributed by atoms with Gasteiger partial charge in [0.25, 0.3) is 5.69 Å². The fourth-order valence-electron chi connectivity index (χ4n) is 3.17. The van der Waals surface area contributed by atoms with Crippen molar-refractivity contribution >= 4 is 63.0 Å². The number of amides is 2. The molecule has 4 aromatic rings. The summed E-state index contributed by atoms with van der Waals surface area (Å²) in [5.41, 5.74) is 2.68. The van der Waals surface area contributed by atoms with Gasteiger partial charge in [-0.05, 0) is 42.0 Å². The highest BCUT2D eigenvalue weighted by Gasteiger charge is 2.12. The van der Waals surface area contributed by atoms with Crippen molar-refractivity contribution in [1.29, 1.82) is 0 Å². The van der Waals surface area contributed by atoms with Gasteiger partial charge in [-0.2, -0.15) is 0 Å². The molecule has 0 aliphatic carbocycles. The Hall–Kier alpha value is -3.73. The van der Waals surface area contributed by atoms with Gasteiger partial charge in [0.1, 0.15) is 0 Å². The Bertz CT molecular complexity index is 1390. The summed E-state index contributed by atoms with van der Waals surface area (Å²) in [6.45, 7) is 0. The van der Waals surface area contributed by atoms with E-state index in [0.717, 1.165) is 10.5 Å². The molecular formula is C25H19ClN4O4S2.